The third-order valence-electron chi connectivity index (χ3n) is 5.03. The highest BCUT2D eigenvalue weighted by Gasteiger charge is 2.43. The molecule has 0 aliphatic heterocycles. The van der Waals surface area contributed by atoms with Gasteiger partial charge in [-0.2, -0.15) is 5.10 Å². The molecule has 1 amide bonds. The first kappa shape index (κ1) is 17.1. The van der Waals surface area contributed by atoms with Crippen molar-refractivity contribution in [2.45, 2.75) is 19.5 Å². The maximum atomic E-state index is 13.1. The highest BCUT2D eigenvalue weighted by Crippen LogP contribution is 2.37. The second-order valence-electron chi connectivity index (χ2n) is 7.05. The van der Waals surface area contributed by atoms with Gasteiger partial charge < -0.3 is 5.32 Å². The number of fused-ring (bicyclic) bond motifs is 1. The van der Waals surface area contributed by atoms with Crippen molar-refractivity contribution in [3.05, 3.63) is 54.2 Å². The Morgan fingerprint density at radius 1 is 1.21 bits per heavy atom. The van der Waals surface area contributed by atoms with E-state index in [1.165, 1.54) is 16.9 Å². The van der Waals surface area contributed by atoms with Crippen molar-refractivity contribution in [2.75, 3.05) is 5.32 Å². The lowest BCUT2D eigenvalue weighted by molar-refractivity contribution is -0.117. The smallest absolute Gasteiger partial charge is 0.232 e. The number of thiazole rings is 1. The quantitative estimate of drug-likeness (QED) is 0.516. The van der Waals surface area contributed by atoms with Crippen LogP contribution in [-0.4, -0.2) is 27.3 Å². The molecule has 2 atom stereocenters. The van der Waals surface area contributed by atoms with E-state index in [1.807, 2.05) is 18.2 Å². The zero-order chi connectivity index (χ0) is 19.3. The van der Waals surface area contributed by atoms with Gasteiger partial charge in [0.2, 0.25) is 5.91 Å². The summed E-state index contributed by atoms with van der Waals surface area (Å²) in [6.07, 6.45) is 1.04. The van der Waals surface area contributed by atoms with Crippen molar-refractivity contribution < 1.29 is 9.18 Å². The second-order valence-corrected chi connectivity index (χ2v) is 8.08. The van der Waals surface area contributed by atoms with Crippen LogP contribution in [0.25, 0.3) is 32.6 Å². The van der Waals surface area contributed by atoms with Gasteiger partial charge in [0, 0.05) is 11.8 Å². The van der Waals surface area contributed by atoms with Crippen molar-refractivity contribution >= 4 is 32.6 Å². The molecule has 1 unspecified atom stereocenters. The van der Waals surface area contributed by atoms with Crippen LogP contribution in [0.2, 0.25) is 0 Å². The Labute approximate surface area is 164 Å². The molecule has 2 heterocycles. The molecule has 140 valence electrons. The first-order valence-corrected chi connectivity index (χ1v) is 9.86. The van der Waals surface area contributed by atoms with Crippen LogP contribution in [0.4, 0.5) is 9.52 Å². The van der Waals surface area contributed by atoms with Crippen molar-refractivity contribution in [3.63, 3.8) is 0 Å². The maximum absolute atomic E-state index is 13.1. The second kappa shape index (κ2) is 6.53. The Morgan fingerprint density at radius 2 is 2.04 bits per heavy atom. The molecular formula is C21H17FN4OS. The molecule has 0 saturated heterocycles. The number of carbonyl (C=O) groups is 1. The van der Waals surface area contributed by atoms with Crippen LogP contribution in [0.15, 0.2) is 48.7 Å². The third-order valence-corrected chi connectivity index (χ3v) is 5.96. The van der Waals surface area contributed by atoms with Gasteiger partial charge in [0.05, 0.1) is 21.8 Å². The summed E-state index contributed by atoms with van der Waals surface area (Å²) in [6, 6.07) is 14.3. The lowest BCUT2D eigenvalue weighted by Crippen LogP contribution is -2.14. The van der Waals surface area contributed by atoms with Gasteiger partial charge in [-0.25, -0.2) is 9.37 Å². The summed E-state index contributed by atoms with van der Waals surface area (Å²) in [4.78, 5) is 16.4. The Morgan fingerprint density at radius 3 is 2.79 bits per heavy atom. The number of benzene rings is 2. The van der Waals surface area contributed by atoms with E-state index in [9.17, 15) is 9.18 Å². The number of aromatic amines is 1. The Hall–Kier alpha value is -3.06. The van der Waals surface area contributed by atoms with Gasteiger partial charge in [0.1, 0.15) is 6.17 Å². The molecule has 0 bridgehead atoms. The SMILES string of the molecule is Cc1ccc(-c2ccn[nH]2)cc1-c1ccc2nc(NC(=O)[C@@H]3CC3F)sc2c1. The number of nitrogens with zero attached hydrogens (tertiary/aromatic N) is 2. The summed E-state index contributed by atoms with van der Waals surface area (Å²) in [5, 5.41) is 10.3. The minimum Gasteiger partial charge on any atom is -0.302 e. The van der Waals surface area contributed by atoms with Crippen LogP contribution in [0.1, 0.15) is 12.0 Å². The molecule has 28 heavy (non-hydrogen) atoms. The fraction of sp³-hybridized carbons (Fsp3) is 0.190. The van der Waals surface area contributed by atoms with Gasteiger partial charge in [0.15, 0.2) is 5.13 Å². The number of carbonyl (C=O) groups excluding carboxylic acids is 1. The van der Waals surface area contributed by atoms with Crippen LogP contribution >= 0.6 is 11.3 Å². The number of nitrogens with one attached hydrogen (secondary N) is 2. The summed E-state index contributed by atoms with van der Waals surface area (Å²) in [7, 11) is 0. The number of rotatable bonds is 4. The van der Waals surface area contributed by atoms with Gasteiger partial charge in [-0.1, -0.05) is 29.5 Å². The van der Waals surface area contributed by atoms with E-state index in [-0.39, 0.29) is 5.91 Å². The molecule has 0 spiro atoms. The lowest BCUT2D eigenvalue weighted by Gasteiger charge is -2.08. The zero-order valence-corrected chi connectivity index (χ0v) is 15.9. The molecule has 2 N–H and O–H groups in total. The third kappa shape index (κ3) is 3.07. The number of halogens is 1. The Bertz CT molecular complexity index is 1180. The molecule has 4 aromatic rings. The minimum atomic E-state index is -1.01. The largest absolute Gasteiger partial charge is 0.302 e. The van der Waals surface area contributed by atoms with Crippen LogP contribution in [0, 0.1) is 12.8 Å². The molecule has 0 radical (unpaired) electrons. The predicted molar refractivity (Wildman–Crippen MR) is 109 cm³/mol. The molecule has 1 saturated carbocycles. The highest BCUT2D eigenvalue weighted by atomic mass is 32.1. The highest BCUT2D eigenvalue weighted by molar-refractivity contribution is 7.22. The Kier molecular flexibility index (Phi) is 3.98. The van der Waals surface area contributed by atoms with E-state index in [4.69, 9.17) is 0 Å². The Balaban J connectivity index is 1.48. The first-order valence-electron chi connectivity index (χ1n) is 9.05. The first-order chi connectivity index (χ1) is 13.6. The van der Waals surface area contributed by atoms with E-state index in [0.29, 0.717) is 11.6 Å². The number of alkyl halides is 1. The predicted octanol–water partition coefficient (Wildman–Crippen LogP) is 4.96. The van der Waals surface area contributed by atoms with Gasteiger partial charge in [-0.3, -0.25) is 9.89 Å². The van der Waals surface area contributed by atoms with Crippen LogP contribution < -0.4 is 5.32 Å². The number of anilines is 1. The number of hydrogen-bond donors (Lipinski definition) is 2. The molecule has 7 heteroatoms. The summed E-state index contributed by atoms with van der Waals surface area (Å²) >= 11 is 1.41. The van der Waals surface area contributed by atoms with Gasteiger partial charge in [-0.15, -0.1) is 0 Å². The van der Waals surface area contributed by atoms with E-state index in [1.54, 1.807) is 6.20 Å². The van der Waals surface area contributed by atoms with Gasteiger partial charge >= 0.3 is 0 Å². The van der Waals surface area contributed by atoms with E-state index >= 15 is 0 Å². The lowest BCUT2D eigenvalue weighted by atomic mass is 9.97. The van der Waals surface area contributed by atoms with Crippen molar-refractivity contribution in [2.24, 2.45) is 5.92 Å². The normalized spacial score (nSPS) is 18.4. The summed E-state index contributed by atoms with van der Waals surface area (Å²) in [5.41, 5.74) is 6.24. The van der Waals surface area contributed by atoms with E-state index < -0.39 is 12.1 Å². The fourth-order valence-electron chi connectivity index (χ4n) is 3.30. The topological polar surface area (TPSA) is 70.7 Å². The number of aryl methyl sites for hydroxylation is 1. The van der Waals surface area contributed by atoms with Crippen LogP contribution in [0.3, 0.4) is 0 Å². The monoisotopic (exact) mass is 392 g/mol. The average molecular weight is 392 g/mol. The zero-order valence-electron chi connectivity index (χ0n) is 15.1. The van der Waals surface area contributed by atoms with Crippen molar-refractivity contribution in [1.29, 1.82) is 0 Å². The molecule has 2 aromatic carbocycles. The van der Waals surface area contributed by atoms with Crippen molar-refractivity contribution in [1.82, 2.24) is 15.2 Å². The molecule has 1 fully saturated rings. The number of amides is 1. The van der Waals surface area contributed by atoms with E-state index in [2.05, 4.69) is 51.7 Å². The molecule has 1 aliphatic rings. The molecule has 5 nitrogen and oxygen atoms in total. The molecule has 5 rings (SSSR count). The molecule has 1 aliphatic carbocycles. The average Bonchev–Trinajstić information content (AvgIpc) is 3.09. The standard InChI is InChI=1S/C21H17FN4OS/c1-11-2-3-13(17-6-7-23-26-17)8-14(11)12-4-5-18-19(9-12)28-21(24-18)25-20(27)15-10-16(15)22/h2-9,15-16H,10H2,1H3,(H,23,26)(H,24,25,27)/t15-,16?/m1/s1. The fourth-order valence-corrected chi connectivity index (χ4v) is 4.20. The summed E-state index contributed by atoms with van der Waals surface area (Å²) < 4.78 is 14.0. The van der Waals surface area contributed by atoms with Crippen LogP contribution in [-0.2, 0) is 4.79 Å². The molecular weight excluding hydrogens is 375 g/mol. The minimum absolute atomic E-state index is 0.283. The maximum Gasteiger partial charge on any atom is 0.232 e. The van der Waals surface area contributed by atoms with Gasteiger partial charge in [-0.05, 0) is 54.3 Å². The molecule has 2 aromatic heterocycles. The van der Waals surface area contributed by atoms with E-state index in [0.717, 1.165) is 32.6 Å². The number of aromatic nitrogens is 3. The summed E-state index contributed by atoms with van der Waals surface area (Å²) in [5.74, 6) is -0.801. The summed E-state index contributed by atoms with van der Waals surface area (Å²) in [6.45, 7) is 2.08. The number of H-pyrrole nitrogens is 1. The van der Waals surface area contributed by atoms with Crippen molar-refractivity contribution in [3.8, 4) is 22.4 Å². The van der Waals surface area contributed by atoms with Crippen LogP contribution in [0.5, 0.6) is 0 Å². The van der Waals surface area contributed by atoms with Gasteiger partial charge in [0.25, 0.3) is 0 Å². The number of hydrogen-bond acceptors (Lipinski definition) is 4.